The average Bonchev–Trinajstić information content (AvgIpc) is 1.90. The molecular formula is C7H9NO2S. The Kier molecular flexibility index (Phi) is 1.29. The van der Waals surface area contributed by atoms with Crippen molar-refractivity contribution < 1.29 is 8.42 Å². The van der Waals surface area contributed by atoms with E-state index in [0.29, 0.717) is 6.54 Å². The first kappa shape index (κ1) is 7.14. The molecule has 3 aliphatic rings. The smallest absolute Gasteiger partial charge is 0.168 e. The Balaban J connectivity index is 2.46. The summed E-state index contributed by atoms with van der Waals surface area (Å²) in [5.74, 6) is 5.90. The maximum atomic E-state index is 11.3. The number of sulfone groups is 1. The van der Waals surface area contributed by atoms with Gasteiger partial charge in [0, 0.05) is 6.54 Å². The quantitative estimate of drug-likeness (QED) is 0.443. The van der Waals surface area contributed by atoms with E-state index < -0.39 is 15.1 Å². The van der Waals surface area contributed by atoms with Gasteiger partial charge in [-0.15, -0.1) is 0 Å². The molecule has 0 aromatic carbocycles. The lowest BCUT2D eigenvalue weighted by Crippen LogP contribution is -2.53. The second-order valence-electron chi connectivity index (χ2n) is 3.06. The van der Waals surface area contributed by atoms with Crippen LogP contribution in [0.2, 0.25) is 0 Å². The van der Waals surface area contributed by atoms with Gasteiger partial charge in [-0.3, -0.25) is 4.90 Å². The monoisotopic (exact) mass is 171 g/mol. The topological polar surface area (TPSA) is 37.4 Å². The number of hydrogen-bond acceptors (Lipinski definition) is 3. The molecule has 1 fully saturated rings. The largest absolute Gasteiger partial charge is 0.290 e. The Hall–Kier alpha value is -0.530. The molecule has 0 saturated carbocycles. The van der Waals surface area contributed by atoms with E-state index in [1.165, 1.54) is 0 Å². The Morgan fingerprint density at radius 2 is 2.18 bits per heavy atom. The first-order valence-electron chi connectivity index (χ1n) is 3.52. The zero-order valence-corrected chi connectivity index (χ0v) is 7.06. The second kappa shape index (κ2) is 1.99. The number of rotatable bonds is 0. The Bertz CT molecular complexity index is 335. The molecule has 1 saturated heterocycles. The van der Waals surface area contributed by atoms with Crippen LogP contribution in [0, 0.1) is 11.8 Å². The summed E-state index contributed by atoms with van der Waals surface area (Å²) in [6.45, 7) is 0.583. The van der Waals surface area contributed by atoms with Crippen molar-refractivity contribution in [3.8, 4) is 11.8 Å². The van der Waals surface area contributed by atoms with Gasteiger partial charge < -0.3 is 0 Å². The summed E-state index contributed by atoms with van der Waals surface area (Å²) < 4.78 is 22.5. The maximum absolute atomic E-state index is 11.3. The highest BCUT2D eigenvalue weighted by Gasteiger charge is 2.38. The van der Waals surface area contributed by atoms with E-state index in [1.54, 1.807) is 0 Å². The molecule has 0 amide bonds. The van der Waals surface area contributed by atoms with E-state index in [4.69, 9.17) is 0 Å². The third kappa shape index (κ3) is 0.959. The summed E-state index contributed by atoms with van der Waals surface area (Å²) in [5, 5.41) is -0.419. The van der Waals surface area contributed by atoms with Gasteiger partial charge in [0.25, 0.3) is 0 Å². The molecule has 3 heterocycles. The standard InChI is InChI=1S/C7H9NO2S/c1-8-4-7-3-2-6(8)5-11(7,9)10/h6-7H,4-5H2,1H3/t6-,7-/m0/s1. The van der Waals surface area contributed by atoms with Crippen molar-refractivity contribution in [2.24, 2.45) is 0 Å². The number of hydrogen-bond donors (Lipinski definition) is 0. The van der Waals surface area contributed by atoms with E-state index in [9.17, 15) is 8.42 Å². The highest BCUT2D eigenvalue weighted by atomic mass is 32.2. The first-order valence-corrected chi connectivity index (χ1v) is 5.24. The third-order valence-electron chi connectivity index (χ3n) is 2.22. The molecule has 3 aliphatic heterocycles. The molecule has 0 radical (unpaired) electrons. The van der Waals surface area contributed by atoms with Crippen LogP contribution in [0.4, 0.5) is 0 Å². The molecule has 0 aromatic heterocycles. The van der Waals surface area contributed by atoms with Gasteiger partial charge in [0.05, 0.1) is 11.8 Å². The zero-order chi connectivity index (χ0) is 8.06. The van der Waals surface area contributed by atoms with Crippen LogP contribution in [0.1, 0.15) is 0 Å². The Morgan fingerprint density at radius 3 is 2.45 bits per heavy atom. The molecule has 2 bridgehead atoms. The third-order valence-corrected chi connectivity index (χ3v) is 4.13. The highest BCUT2D eigenvalue weighted by molar-refractivity contribution is 7.92. The zero-order valence-electron chi connectivity index (χ0n) is 6.24. The lowest BCUT2D eigenvalue weighted by molar-refractivity contribution is 0.291. The van der Waals surface area contributed by atoms with Crippen LogP contribution < -0.4 is 0 Å². The average molecular weight is 171 g/mol. The van der Waals surface area contributed by atoms with E-state index in [0.717, 1.165) is 0 Å². The van der Waals surface area contributed by atoms with Gasteiger partial charge in [0.1, 0.15) is 5.25 Å². The normalized spacial score (nSPS) is 39.7. The van der Waals surface area contributed by atoms with Crippen molar-refractivity contribution in [3.05, 3.63) is 0 Å². The minimum atomic E-state index is -2.87. The molecular weight excluding hydrogens is 162 g/mol. The van der Waals surface area contributed by atoms with E-state index in [1.807, 2.05) is 11.9 Å². The fourth-order valence-electron chi connectivity index (χ4n) is 1.44. The minimum absolute atomic E-state index is 0.0509. The van der Waals surface area contributed by atoms with Crippen LogP contribution >= 0.6 is 0 Å². The van der Waals surface area contributed by atoms with Crippen molar-refractivity contribution >= 4 is 9.84 Å². The molecule has 0 aliphatic carbocycles. The minimum Gasteiger partial charge on any atom is -0.290 e. The van der Waals surface area contributed by atoms with Crippen LogP contribution in [0.5, 0.6) is 0 Å². The molecule has 3 rings (SSSR count). The summed E-state index contributed by atoms with van der Waals surface area (Å²) in [4.78, 5) is 2.00. The summed E-state index contributed by atoms with van der Waals surface area (Å²) in [6, 6.07) is -0.0509. The van der Waals surface area contributed by atoms with Gasteiger partial charge in [-0.2, -0.15) is 0 Å². The maximum Gasteiger partial charge on any atom is 0.168 e. The van der Waals surface area contributed by atoms with E-state index >= 15 is 0 Å². The Labute approximate surface area is 66.3 Å². The predicted octanol–water partition coefficient (Wildman–Crippen LogP) is -0.899. The van der Waals surface area contributed by atoms with Crippen molar-refractivity contribution in [1.82, 2.24) is 4.90 Å². The van der Waals surface area contributed by atoms with Crippen LogP contribution in [0.15, 0.2) is 0 Å². The molecule has 0 spiro atoms. The summed E-state index contributed by atoms with van der Waals surface area (Å²) in [6.07, 6.45) is 0. The molecule has 0 aromatic rings. The fourth-order valence-corrected chi connectivity index (χ4v) is 3.16. The molecule has 4 heteroatoms. The van der Waals surface area contributed by atoms with Gasteiger partial charge in [0.2, 0.25) is 0 Å². The summed E-state index contributed by atoms with van der Waals surface area (Å²) >= 11 is 0. The van der Waals surface area contributed by atoms with Crippen molar-refractivity contribution in [3.63, 3.8) is 0 Å². The molecule has 0 N–H and O–H groups in total. The molecule has 2 atom stereocenters. The predicted molar refractivity (Wildman–Crippen MR) is 41.8 cm³/mol. The summed E-state index contributed by atoms with van der Waals surface area (Å²) in [7, 11) is -0.955. The van der Waals surface area contributed by atoms with Crippen LogP contribution in [0.25, 0.3) is 0 Å². The van der Waals surface area contributed by atoms with Gasteiger partial charge >= 0.3 is 0 Å². The number of nitrogens with zero attached hydrogens (tertiary/aromatic N) is 1. The second-order valence-corrected chi connectivity index (χ2v) is 5.29. The van der Waals surface area contributed by atoms with Crippen LogP contribution in [-0.2, 0) is 9.84 Å². The molecule has 11 heavy (non-hydrogen) atoms. The van der Waals surface area contributed by atoms with Gasteiger partial charge in [-0.1, -0.05) is 11.8 Å². The van der Waals surface area contributed by atoms with Crippen LogP contribution in [0.3, 0.4) is 0 Å². The van der Waals surface area contributed by atoms with Gasteiger partial charge in [0.15, 0.2) is 9.84 Å². The van der Waals surface area contributed by atoms with E-state index in [-0.39, 0.29) is 11.8 Å². The first-order chi connectivity index (χ1) is 5.09. The van der Waals surface area contributed by atoms with E-state index in [2.05, 4.69) is 11.8 Å². The molecule has 0 unspecified atom stereocenters. The lowest BCUT2D eigenvalue weighted by atomic mass is 10.2. The highest BCUT2D eigenvalue weighted by Crippen LogP contribution is 2.19. The number of fused-ring (bicyclic) bond motifs is 2. The van der Waals surface area contributed by atoms with Gasteiger partial charge in [-0.05, 0) is 7.05 Å². The van der Waals surface area contributed by atoms with Crippen molar-refractivity contribution in [1.29, 1.82) is 0 Å². The van der Waals surface area contributed by atoms with Gasteiger partial charge in [-0.25, -0.2) is 8.42 Å². The Morgan fingerprint density at radius 1 is 1.45 bits per heavy atom. The van der Waals surface area contributed by atoms with Crippen LogP contribution in [-0.4, -0.2) is 44.0 Å². The molecule has 60 valence electrons. The summed E-state index contributed by atoms with van der Waals surface area (Å²) in [5.41, 5.74) is 0. The van der Waals surface area contributed by atoms with Crippen molar-refractivity contribution in [2.75, 3.05) is 19.3 Å². The lowest BCUT2D eigenvalue weighted by Gasteiger charge is -2.35. The SMILES string of the molecule is CN1C[C@@H]2C#C[C@H]1CS2(=O)=O. The van der Waals surface area contributed by atoms with Crippen molar-refractivity contribution in [2.45, 2.75) is 11.3 Å². The molecule has 3 nitrogen and oxygen atoms in total. The fraction of sp³-hybridized carbons (Fsp3) is 0.714.